The average Bonchev–Trinajstić information content (AvgIpc) is 2.31. The molecule has 4 nitrogen and oxygen atoms in total. The third-order valence-corrected chi connectivity index (χ3v) is 2.19. The second kappa shape index (κ2) is 9.18. The minimum atomic E-state index is -0.576. The van der Waals surface area contributed by atoms with Crippen molar-refractivity contribution >= 4 is 12.6 Å². The predicted molar refractivity (Wildman–Crippen MR) is 61.4 cm³/mol. The van der Waals surface area contributed by atoms with E-state index in [1.807, 2.05) is 0 Å². The van der Waals surface area contributed by atoms with Crippen LogP contribution in [0, 0.1) is 0 Å². The SMILES string of the molecule is C=CCS.CCCC1(OC)CCOOO1. The zero-order valence-corrected chi connectivity index (χ0v) is 10.3. The van der Waals surface area contributed by atoms with Crippen LogP contribution < -0.4 is 0 Å². The van der Waals surface area contributed by atoms with Crippen LogP contribution in [0.15, 0.2) is 12.7 Å². The highest BCUT2D eigenvalue weighted by atomic mass is 32.1. The summed E-state index contributed by atoms with van der Waals surface area (Å²) in [5, 5.41) is 4.40. The van der Waals surface area contributed by atoms with Gasteiger partial charge >= 0.3 is 0 Å². The van der Waals surface area contributed by atoms with E-state index < -0.39 is 5.79 Å². The lowest BCUT2D eigenvalue weighted by atomic mass is 10.1. The summed E-state index contributed by atoms with van der Waals surface area (Å²) in [7, 11) is 1.62. The van der Waals surface area contributed by atoms with Crippen molar-refractivity contribution in [2.75, 3.05) is 19.5 Å². The average molecular weight is 236 g/mol. The van der Waals surface area contributed by atoms with Gasteiger partial charge in [-0.2, -0.15) is 17.5 Å². The summed E-state index contributed by atoms with van der Waals surface area (Å²) < 4.78 is 5.19. The minimum absolute atomic E-state index is 0.522. The van der Waals surface area contributed by atoms with E-state index in [1.165, 1.54) is 0 Å². The Hall–Kier alpha value is -0.0700. The van der Waals surface area contributed by atoms with Gasteiger partial charge in [-0.3, -0.25) is 0 Å². The molecule has 1 unspecified atom stereocenters. The Balaban J connectivity index is 0.000000423. The lowest BCUT2D eigenvalue weighted by Gasteiger charge is -2.32. The number of thiol groups is 1. The standard InChI is InChI=1S/C7H14O4.C3H6S/c1-3-4-7(8-2)5-6-9-11-10-7;1-2-3-4/h3-6H2,1-2H3;2,4H,1,3H2. The van der Waals surface area contributed by atoms with Gasteiger partial charge in [0.25, 0.3) is 0 Å². The molecule has 0 spiro atoms. The normalized spacial score (nSPS) is 25.3. The highest BCUT2D eigenvalue weighted by molar-refractivity contribution is 7.80. The van der Waals surface area contributed by atoms with Crippen LogP contribution in [0.3, 0.4) is 0 Å². The predicted octanol–water partition coefficient (Wildman–Crippen LogP) is 2.51. The molecule has 0 N–H and O–H groups in total. The van der Waals surface area contributed by atoms with E-state index in [9.17, 15) is 0 Å². The van der Waals surface area contributed by atoms with Crippen molar-refractivity contribution in [3.8, 4) is 0 Å². The van der Waals surface area contributed by atoms with Gasteiger partial charge in [-0.25, -0.2) is 4.89 Å². The van der Waals surface area contributed by atoms with Crippen LogP contribution in [0.5, 0.6) is 0 Å². The van der Waals surface area contributed by atoms with Crippen LogP contribution in [-0.4, -0.2) is 25.3 Å². The molecule has 1 fully saturated rings. The smallest absolute Gasteiger partial charge is 0.206 e. The first kappa shape index (κ1) is 14.9. The van der Waals surface area contributed by atoms with E-state index in [2.05, 4.69) is 36.1 Å². The minimum Gasteiger partial charge on any atom is -0.351 e. The lowest BCUT2D eigenvalue weighted by Crippen LogP contribution is -2.39. The monoisotopic (exact) mass is 236 g/mol. The fourth-order valence-electron chi connectivity index (χ4n) is 1.14. The van der Waals surface area contributed by atoms with Crippen LogP contribution in [0.2, 0.25) is 0 Å². The molecule has 1 atom stereocenters. The summed E-state index contributed by atoms with van der Waals surface area (Å²) in [6.45, 7) is 5.99. The molecular formula is C10H20O4S. The van der Waals surface area contributed by atoms with Gasteiger partial charge in [0.2, 0.25) is 5.79 Å². The maximum atomic E-state index is 5.19. The summed E-state index contributed by atoms with van der Waals surface area (Å²) in [4.78, 5) is 9.48. The first-order valence-electron chi connectivity index (χ1n) is 4.99. The molecule has 0 radical (unpaired) electrons. The Labute approximate surface area is 96.8 Å². The zero-order chi connectivity index (χ0) is 11.6. The van der Waals surface area contributed by atoms with Crippen molar-refractivity contribution in [3.63, 3.8) is 0 Å². The van der Waals surface area contributed by atoms with Gasteiger partial charge in [0.1, 0.15) is 0 Å². The zero-order valence-electron chi connectivity index (χ0n) is 9.40. The molecule has 5 heteroatoms. The molecule has 0 saturated carbocycles. The van der Waals surface area contributed by atoms with Gasteiger partial charge in [0, 0.05) is 25.7 Å². The third-order valence-electron chi connectivity index (χ3n) is 1.93. The van der Waals surface area contributed by atoms with E-state index in [0.717, 1.165) is 25.0 Å². The van der Waals surface area contributed by atoms with Crippen molar-refractivity contribution in [3.05, 3.63) is 12.7 Å². The summed E-state index contributed by atoms with van der Waals surface area (Å²) in [6, 6.07) is 0. The topological polar surface area (TPSA) is 36.9 Å². The van der Waals surface area contributed by atoms with Gasteiger partial charge in [-0.15, -0.1) is 6.58 Å². The Morgan fingerprint density at radius 1 is 1.60 bits per heavy atom. The Kier molecular flexibility index (Phi) is 9.13. The summed E-state index contributed by atoms with van der Waals surface area (Å²) >= 11 is 3.80. The van der Waals surface area contributed by atoms with Gasteiger partial charge in [-0.1, -0.05) is 24.5 Å². The first-order valence-corrected chi connectivity index (χ1v) is 5.62. The van der Waals surface area contributed by atoms with Gasteiger partial charge < -0.3 is 4.74 Å². The maximum Gasteiger partial charge on any atom is 0.206 e. The molecule has 1 heterocycles. The molecule has 0 amide bonds. The number of rotatable bonds is 4. The second-order valence-electron chi connectivity index (χ2n) is 3.06. The van der Waals surface area contributed by atoms with Crippen LogP contribution >= 0.6 is 12.6 Å². The summed E-state index contributed by atoms with van der Waals surface area (Å²) in [5.41, 5.74) is 0. The molecule has 0 aromatic carbocycles. The van der Waals surface area contributed by atoms with E-state index in [0.29, 0.717) is 6.61 Å². The van der Waals surface area contributed by atoms with Crippen LogP contribution in [0.1, 0.15) is 26.2 Å². The number of hydrogen-bond acceptors (Lipinski definition) is 5. The second-order valence-corrected chi connectivity index (χ2v) is 3.42. The molecule has 1 rings (SSSR count). The molecule has 1 aliphatic rings. The number of ether oxygens (including phenoxy) is 1. The van der Waals surface area contributed by atoms with Gasteiger partial charge in [0.05, 0.1) is 6.61 Å². The Morgan fingerprint density at radius 2 is 2.27 bits per heavy atom. The summed E-state index contributed by atoms with van der Waals surface area (Å²) in [6.07, 6.45) is 4.28. The van der Waals surface area contributed by atoms with Crippen molar-refractivity contribution in [2.24, 2.45) is 0 Å². The van der Waals surface area contributed by atoms with E-state index in [4.69, 9.17) is 9.62 Å². The highest BCUT2D eigenvalue weighted by Crippen LogP contribution is 2.26. The van der Waals surface area contributed by atoms with Crippen molar-refractivity contribution in [1.29, 1.82) is 0 Å². The Bertz CT molecular complexity index is 152. The lowest BCUT2D eigenvalue weighted by molar-refractivity contribution is -0.598. The van der Waals surface area contributed by atoms with E-state index in [-0.39, 0.29) is 0 Å². The first-order chi connectivity index (χ1) is 7.24. The fourth-order valence-corrected chi connectivity index (χ4v) is 1.14. The molecule has 15 heavy (non-hydrogen) atoms. The molecule has 0 aliphatic carbocycles. The maximum absolute atomic E-state index is 5.19. The van der Waals surface area contributed by atoms with Crippen molar-refractivity contribution in [2.45, 2.75) is 32.0 Å². The van der Waals surface area contributed by atoms with Crippen LogP contribution in [0.4, 0.5) is 0 Å². The molecular weight excluding hydrogens is 216 g/mol. The van der Waals surface area contributed by atoms with Gasteiger partial charge in [-0.05, 0) is 0 Å². The molecule has 0 bridgehead atoms. The Morgan fingerprint density at radius 3 is 2.60 bits per heavy atom. The van der Waals surface area contributed by atoms with Crippen LogP contribution in [-0.2, 0) is 19.6 Å². The van der Waals surface area contributed by atoms with Crippen LogP contribution in [0.25, 0.3) is 0 Å². The largest absolute Gasteiger partial charge is 0.351 e. The van der Waals surface area contributed by atoms with Crippen molar-refractivity contribution < 1.29 is 19.6 Å². The molecule has 1 aliphatic heterocycles. The number of methoxy groups -OCH3 is 1. The molecule has 1 saturated heterocycles. The van der Waals surface area contributed by atoms with Crippen molar-refractivity contribution in [1.82, 2.24) is 0 Å². The van der Waals surface area contributed by atoms with E-state index in [1.54, 1.807) is 13.2 Å². The summed E-state index contributed by atoms with van der Waals surface area (Å²) in [5.74, 6) is 0.201. The third kappa shape index (κ3) is 6.17. The van der Waals surface area contributed by atoms with Gasteiger partial charge in [0.15, 0.2) is 0 Å². The highest BCUT2D eigenvalue weighted by Gasteiger charge is 2.34. The molecule has 90 valence electrons. The van der Waals surface area contributed by atoms with E-state index >= 15 is 0 Å². The number of hydrogen-bond donors (Lipinski definition) is 1. The quantitative estimate of drug-likeness (QED) is 0.462. The molecule has 0 aromatic heterocycles. The molecule has 0 aromatic rings. The fraction of sp³-hybridized carbons (Fsp3) is 0.800.